The molecule has 0 aliphatic carbocycles. The lowest BCUT2D eigenvalue weighted by Gasteiger charge is -2.50. The predicted molar refractivity (Wildman–Crippen MR) is 123 cm³/mol. The zero-order chi connectivity index (χ0) is 19.7. The van der Waals surface area contributed by atoms with Gasteiger partial charge in [0.1, 0.15) is 5.41 Å². The highest BCUT2D eigenvalue weighted by Crippen LogP contribution is 2.62. The van der Waals surface area contributed by atoms with E-state index in [1.54, 1.807) is 18.2 Å². The molecule has 140 valence electrons. The van der Waals surface area contributed by atoms with Crippen LogP contribution in [0.2, 0.25) is 0 Å². The van der Waals surface area contributed by atoms with Crippen LogP contribution in [0, 0.1) is 0 Å². The third kappa shape index (κ3) is 3.61. The second kappa shape index (κ2) is 8.09. The fraction of sp³-hybridized carbons (Fsp3) is 0.143. The van der Waals surface area contributed by atoms with Gasteiger partial charge in [-0.15, -0.1) is 0 Å². The molecule has 0 aliphatic heterocycles. The molecule has 6 heteroatoms. The molecule has 0 fully saturated rings. The zero-order valence-corrected chi connectivity index (χ0v) is 20.3. The summed E-state index contributed by atoms with van der Waals surface area (Å²) in [5, 5.41) is 23.5. The summed E-state index contributed by atoms with van der Waals surface area (Å²) in [5.74, 6) is -2.30. The van der Waals surface area contributed by atoms with E-state index in [0.717, 1.165) is 0 Å². The average Bonchev–Trinajstić information content (AvgIpc) is 2.63. The van der Waals surface area contributed by atoms with Crippen LogP contribution in [0.25, 0.3) is 0 Å². The Bertz CT molecular complexity index is 867. The van der Waals surface area contributed by atoms with Crippen molar-refractivity contribution in [1.82, 2.24) is 0 Å². The van der Waals surface area contributed by atoms with Gasteiger partial charge in [0.15, 0.2) is 2.14 Å². The van der Waals surface area contributed by atoms with Crippen molar-refractivity contribution < 1.29 is 10.2 Å². The Kier molecular flexibility index (Phi) is 6.36. The molecule has 0 atom stereocenters. The minimum atomic E-state index is -2.30. The lowest BCUT2D eigenvalue weighted by Crippen LogP contribution is -2.57. The van der Waals surface area contributed by atoms with Crippen LogP contribution >= 0.6 is 63.7 Å². The number of alkyl halides is 3. The highest BCUT2D eigenvalue weighted by atomic mass is 80.0. The molecule has 0 radical (unpaired) electrons. The third-order valence-electron chi connectivity index (χ3n) is 4.61. The number of aliphatic hydroxyl groups is 2. The van der Waals surface area contributed by atoms with Crippen LogP contribution in [0.5, 0.6) is 0 Å². The van der Waals surface area contributed by atoms with E-state index in [9.17, 15) is 10.2 Å². The second-order valence-electron chi connectivity index (χ2n) is 6.13. The van der Waals surface area contributed by atoms with Crippen LogP contribution in [-0.2, 0) is 11.2 Å². The monoisotopic (exact) mass is 616 g/mol. The van der Waals surface area contributed by atoms with Crippen molar-refractivity contribution in [3.63, 3.8) is 0 Å². The maximum absolute atomic E-state index is 11.8. The molecule has 0 unspecified atom stereocenters. The van der Waals surface area contributed by atoms with Crippen LogP contribution < -0.4 is 0 Å². The van der Waals surface area contributed by atoms with Gasteiger partial charge in [0.25, 0.3) is 0 Å². The van der Waals surface area contributed by atoms with E-state index in [2.05, 4.69) is 63.7 Å². The fourth-order valence-electron chi connectivity index (χ4n) is 3.42. The number of hydrogen-bond donors (Lipinski definition) is 2. The van der Waals surface area contributed by atoms with Crippen LogP contribution in [0.4, 0.5) is 0 Å². The molecule has 0 heterocycles. The van der Waals surface area contributed by atoms with Crippen LogP contribution in [0.3, 0.4) is 0 Å². The Labute approximate surface area is 192 Å². The highest BCUT2D eigenvalue weighted by Gasteiger charge is 2.63. The normalized spacial score (nSPS) is 12.8. The summed E-state index contributed by atoms with van der Waals surface area (Å²) in [5.41, 5.74) is 0.414. The average molecular weight is 620 g/mol. The summed E-state index contributed by atoms with van der Waals surface area (Å²) < 4.78 is -0.482. The van der Waals surface area contributed by atoms with Crippen molar-refractivity contribution in [3.8, 4) is 0 Å². The Morgan fingerprint density at radius 2 is 1.00 bits per heavy atom. The first-order valence-electron chi connectivity index (χ1n) is 8.10. The Morgan fingerprint density at radius 3 is 1.41 bits per heavy atom. The number of halogens is 4. The molecular formula is C21H16Br4O2. The van der Waals surface area contributed by atoms with Gasteiger partial charge in [-0.2, -0.15) is 0 Å². The molecule has 3 rings (SSSR count). The van der Waals surface area contributed by atoms with E-state index in [0.29, 0.717) is 21.2 Å². The molecule has 27 heavy (non-hydrogen) atoms. The van der Waals surface area contributed by atoms with Crippen molar-refractivity contribution in [2.45, 2.75) is 13.3 Å². The maximum atomic E-state index is 11.8. The van der Waals surface area contributed by atoms with E-state index in [4.69, 9.17) is 0 Å². The molecule has 0 aromatic heterocycles. The van der Waals surface area contributed by atoms with Gasteiger partial charge < -0.3 is 10.2 Å². The summed E-state index contributed by atoms with van der Waals surface area (Å²) in [6.07, 6.45) is 0. The molecule has 0 spiro atoms. The van der Waals surface area contributed by atoms with Crippen molar-refractivity contribution >= 4 is 63.7 Å². The number of rotatable bonds is 4. The van der Waals surface area contributed by atoms with Crippen molar-refractivity contribution in [1.29, 1.82) is 0 Å². The summed E-state index contributed by atoms with van der Waals surface area (Å²) in [6.45, 7) is 0. The molecule has 3 aromatic carbocycles. The smallest absolute Gasteiger partial charge is 0.208 e. The van der Waals surface area contributed by atoms with E-state index in [1.807, 2.05) is 66.7 Å². The van der Waals surface area contributed by atoms with Crippen molar-refractivity contribution in [2.24, 2.45) is 0 Å². The quantitative estimate of drug-likeness (QED) is 0.262. The molecule has 0 saturated carbocycles. The molecule has 2 N–H and O–H groups in total. The van der Waals surface area contributed by atoms with Gasteiger partial charge in [-0.1, -0.05) is 143 Å². The Hall–Kier alpha value is -0.500. The lowest BCUT2D eigenvalue weighted by atomic mass is 9.67. The van der Waals surface area contributed by atoms with Crippen LogP contribution in [-0.4, -0.2) is 12.4 Å². The van der Waals surface area contributed by atoms with Gasteiger partial charge in [0.05, 0.1) is 0 Å². The first-order chi connectivity index (χ1) is 12.7. The largest absolute Gasteiger partial charge is 0.361 e. The Morgan fingerprint density at radius 1 is 0.593 bits per heavy atom. The summed E-state index contributed by atoms with van der Waals surface area (Å²) in [6, 6.07) is 25.9. The van der Waals surface area contributed by atoms with E-state index in [-0.39, 0.29) is 0 Å². The zero-order valence-electron chi connectivity index (χ0n) is 14.0. The standard InChI is InChI=1S/C21H16Br4O2/c22-18-14-8-7-13-17(18)20(26,27)19(21(23,24)25,15-9-3-1-4-10-15)16-11-5-2-6-12-16/h1-14,26-27H. The molecule has 0 bridgehead atoms. The molecule has 0 saturated heterocycles. The van der Waals surface area contributed by atoms with Crippen molar-refractivity contribution in [3.05, 3.63) is 106 Å². The van der Waals surface area contributed by atoms with E-state index < -0.39 is 13.3 Å². The molecule has 0 aliphatic rings. The van der Waals surface area contributed by atoms with Gasteiger partial charge in [-0.25, -0.2) is 0 Å². The molecular weight excluding hydrogens is 604 g/mol. The predicted octanol–water partition coefficient (Wildman–Crippen LogP) is 6.41. The molecule has 2 nitrogen and oxygen atoms in total. The second-order valence-corrected chi connectivity index (χ2v) is 13.7. The first kappa shape index (κ1) is 21.2. The summed E-state index contributed by atoms with van der Waals surface area (Å²) >= 11 is 14.4. The SMILES string of the molecule is OC(O)(c1ccccc1Br)C(c1ccccc1)(c1ccccc1)C(Br)(Br)Br. The molecule has 3 aromatic rings. The van der Waals surface area contributed by atoms with E-state index in [1.165, 1.54) is 0 Å². The maximum Gasteiger partial charge on any atom is 0.208 e. The fourth-order valence-corrected chi connectivity index (χ4v) is 6.18. The van der Waals surface area contributed by atoms with Gasteiger partial charge >= 0.3 is 0 Å². The van der Waals surface area contributed by atoms with Crippen LogP contribution in [0.1, 0.15) is 16.7 Å². The minimum Gasteiger partial charge on any atom is -0.361 e. The lowest BCUT2D eigenvalue weighted by molar-refractivity contribution is -0.211. The topological polar surface area (TPSA) is 40.5 Å². The third-order valence-corrected chi connectivity index (χ3v) is 7.09. The van der Waals surface area contributed by atoms with Gasteiger partial charge in [0, 0.05) is 10.0 Å². The minimum absolute atomic E-state index is 0.348. The van der Waals surface area contributed by atoms with E-state index >= 15 is 0 Å². The van der Waals surface area contributed by atoms with Gasteiger partial charge in [0.2, 0.25) is 5.79 Å². The molecule has 0 amide bonds. The first-order valence-corrected chi connectivity index (χ1v) is 11.3. The number of hydrogen-bond acceptors (Lipinski definition) is 2. The summed E-state index contributed by atoms with van der Waals surface area (Å²) in [4.78, 5) is 0. The van der Waals surface area contributed by atoms with Crippen LogP contribution in [0.15, 0.2) is 89.4 Å². The van der Waals surface area contributed by atoms with Gasteiger partial charge in [-0.05, 0) is 17.2 Å². The van der Waals surface area contributed by atoms with Crippen molar-refractivity contribution in [2.75, 3.05) is 0 Å². The highest BCUT2D eigenvalue weighted by molar-refractivity contribution is 9.39. The Balaban J connectivity index is 2.46. The van der Waals surface area contributed by atoms with Gasteiger partial charge in [-0.3, -0.25) is 0 Å². The summed E-state index contributed by atoms with van der Waals surface area (Å²) in [7, 11) is 0. The number of benzene rings is 3.